The van der Waals surface area contributed by atoms with Gasteiger partial charge in [-0.1, -0.05) is 56.0 Å². The van der Waals surface area contributed by atoms with Crippen LogP contribution in [0.15, 0.2) is 24.3 Å². The third-order valence-corrected chi connectivity index (χ3v) is 4.88. The van der Waals surface area contributed by atoms with E-state index >= 15 is 0 Å². The normalized spacial score (nSPS) is 27.8. The number of benzene rings is 1. The lowest BCUT2D eigenvalue weighted by molar-refractivity contribution is 0.173. The lowest BCUT2D eigenvalue weighted by Crippen LogP contribution is -2.43. The van der Waals surface area contributed by atoms with Crippen molar-refractivity contribution >= 4 is 0 Å². The van der Waals surface area contributed by atoms with Crippen LogP contribution < -0.4 is 5.73 Å². The smallest absolute Gasteiger partial charge is 0.0409 e. The van der Waals surface area contributed by atoms with Crippen LogP contribution in [-0.2, 0) is 5.54 Å². The molecule has 1 heteroatoms. The van der Waals surface area contributed by atoms with Gasteiger partial charge < -0.3 is 5.73 Å². The van der Waals surface area contributed by atoms with Crippen molar-refractivity contribution in [2.75, 3.05) is 0 Å². The third-order valence-electron chi connectivity index (χ3n) is 4.88. The first-order valence-corrected chi connectivity index (χ1v) is 7.40. The number of aryl methyl sites for hydroxylation is 1. The third kappa shape index (κ3) is 2.77. The van der Waals surface area contributed by atoms with Crippen LogP contribution in [0.5, 0.6) is 0 Å². The van der Waals surface area contributed by atoms with E-state index in [1.807, 2.05) is 0 Å². The van der Waals surface area contributed by atoms with E-state index in [2.05, 4.69) is 45.0 Å². The summed E-state index contributed by atoms with van der Waals surface area (Å²) in [7, 11) is 0. The highest BCUT2D eigenvalue weighted by molar-refractivity contribution is 5.28. The Balaban J connectivity index is 2.16. The molecular weight excluding hydrogens is 218 g/mol. The molecule has 3 unspecified atom stereocenters. The average molecular weight is 245 g/mol. The minimum Gasteiger partial charge on any atom is -0.321 e. The second-order valence-electron chi connectivity index (χ2n) is 6.29. The van der Waals surface area contributed by atoms with Crippen molar-refractivity contribution in [1.82, 2.24) is 0 Å². The molecule has 0 bridgehead atoms. The van der Waals surface area contributed by atoms with E-state index in [9.17, 15) is 0 Å². The quantitative estimate of drug-likeness (QED) is 0.840. The Bertz CT molecular complexity index is 377. The van der Waals surface area contributed by atoms with Gasteiger partial charge in [-0.2, -0.15) is 0 Å². The zero-order chi connectivity index (χ0) is 13.2. The molecule has 1 nitrogen and oxygen atoms in total. The molecule has 3 atom stereocenters. The van der Waals surface area contributed by atoms with Crippen molar-refractivity contribution in [3.05, 3.63) is 35.4 Å². The number of hydrogen-bond acceptors (Lipinski definition) is 1. The Morgan fingerprint density at radius 3 is 2.50 bits per heavy atom. The zero-order valence-corrected chi connectivity index (χ0v) is 12.1. The van der Waals surface area contributed by atoms with Crippen molar-refractivity contribution in [3.63, 3.8) is 0 Å². The predicted octanol–water partition coefficient (Wildman–Crippen LogP) is 4.39. The molecule has 2 rings (SSSR count). The van der Waals surface area contributed by atoms with E-state index in [-0.39, 0.29) is 5.54 Å². The Morgan fingerprint density at radius 2 is 1.89 bits per heavy atom. The molecule has 0 spiro atoms. The van der Waals surface area contributed by atoms with E-state index < -0.39 is 0 Å². The van der Waals surface area contributed by atoms with E-state index in [0.717, 1.165) is 5.92 Å². The Hall–Kier alpha value is -0.820. The summed E-state index contributed by atoms with van der Waals surface area (Å²) in [5.41, 5.74) is 9.13. The largest absolute Gasteiger partial charge is 0.321 e. The number of hydrogen-bond donors (Lipinski definition) is 1. The second kappa shape index (κ2) is 5.44. The highest BCUT2D eigenvalue weighted by Gasteiger charge is 2.35. The van der Waals surface area contributed by atoms with Gasteiger partial charge in [-0.3, -0.25) is 0 Å². The van der Waals surface area contributed by atoms with Crippen LogP contribution in [0.25, 0.3) is 0 Å². The fraction of sp³-hybridized carbons (Fsp3) is 0.647. The summed E-state index contributed by atoms with van der Waals surface area (Å²) in [5, 5.41) is 0. The molecule has 0 aliphatic heterocycles. The van der Waals surface area contributed by atoms with Gasteiger partial charge in [0.15, 0.2) is 0 Å². The van der Waals surface area contributed by atoms with E-state index in [0.29, 0.717) is 5.92 Å². The molecule has 18 heavy (non-hydrogen) atoms. The molecule has 0 amide bonds. The predicted molar refractivity (Wildman–Crippen MR) is 78.5 cm³/mol. The first-order valence-electron chi connectivity index (χ1n) is 7.40. The minimum absolute atomic E-state index is 0.165. The van der Waals surface area contributed by atoms with Crippen LogP contribution >= 0.6 is 0 Å². The van der Waals surface area contributed by atoms with Gasteiger partial charge in [-0.25, -0.2) is 0 Å². The molecule has 1 aromatic carbocycles. The SMILES string of the molecule is CCC1CCCC(C(C)(N)c2ccc(C)cc2)C1. The highest BCUT2D eigenvalue weighted by Crippen LogP contribution is 2.40. The van der Waals surface area contributed by atoms with Crippen LogP contribution in [0.2, 0.25) is 0 Å². The molecule has 1 aliphatic carbocycles. The maximum Gasteiger partial charge on any atom is 0.0409 e. The van der Waals surface area contributed by atoms with Crippen molar-refractivity contribution in [1.29, 1.82) is 0 Å². The molecule has 2 N–H and O–H groups in total. The summed E-state index contributed by atoms with van der Waals surface area (Å²) in [6.45, 7) is 6.67. The van der Waals surface area contributed by atoms with Crippen molar-refractivity contribution in [2.24, 2.45) is 17.6 Å². The molecule has 1 aliphatic rings. The first-order chi connectivity index (χ1) is 8.54. The fourth-order valence-electron chi connectivity index (χ4n) is 3.35. The summed E-state index contributed by atoms with van der Waals surface area (Å²) >= 11 is 0. The van der Waals surface area contributed by atoms with Crippen LogP contribution in [0.3, 0.4) is 0 Å². The number of nitrogens with two attached hydrogens (primary N) is 1. The lowest BCUT2D eigenvalue weighted by Gasteiger charge is -2.40. The Kier molecular flexibility index (Phi) is 4.11. The van der Waals surface area contributed by atoms with Crippen LogP contribution in [0, 0.1) is 18.8 Å². The van der Waals surface area contributed by atoms with Gasteiger partial charge in [-0.05, 0) is 44.1 Å². The molecule has 0 saturated heterocycles. The lowest BCUT2D eigenvalue weighted by atomic mass is 9.69. The first kappa shape index (κ1) is 13.6. The van der Waals surface area contributed by atoms with Crippen molar-refractivity contribution in [2.45, 2.75) is 58.4 Å². The molecule has 1 aromatic rings. The standard InChI is InChI=1S/C17H27N/c1-4-14-6-5-7-16(12-14)17(3,18)15-10-8-13(2)9-11-15/h8-11,14,16H,4-7,12,18H2,1-3H3. The molecule has 1 fully saturated rings. The summed E-state index contributed by atoms with van der Waals surface area (Å²) in [4.78, 5) is 0. The van der Waals surface area contributed by atoms with Gasteiger partial charge in [0.2, 0.25) is 0 Å². The van der Waals surface area contributed by atoms with Crippen LogP contribution in [0.4, 0.5) is 0 Å². The molecule has 0 heterocycles. The monoisotopic (exact) mass is 245 g/mol. The van der Waals surface area contributed by atoms with Crippen molar-refractivity contribution in [3.8, 4) is 0 Å². The number of rotatable bonds is 3. The van der Waals surface area contributed by atoms with Gasteiger partial charge in [0.25, 0.3) is 0 Å². The summed E-state index contributed by atoms with van der Waals surface area (Å²) < 4.78 is 0. The summed E-state index contributed by atoms with van der Waals surface area (Å²) in [5.74, 6) is 1.52. The van der Waals surface area contributed by atoms with E-state index in [1.165, 1.54) is 43.2 Å². The Morgan fingerprint density at radius 1 is 1.22 bits per heavy atom. The summed E-state index contributed by atoms with van der Waals surface area (Å²) in [6, 6.07) is 8.79. The molecule has 1 saturated carbocycles. The van der Waals surface area contributed by atoms with Gasteiger partial charge in [0.05, 0.1) is 0 Å². The van der Waals surface area contributed by atoms with Gasteiger partial charge in [0.1, 0.15) is 0 Å². The highest BCUT2D eigenvalue weighted by atomic mass is 14.7. The van der Waals surface area contributed by atoms with Crippen molar-refractivity contribution < 1.29 is 0 Å². The fourth-order valence-corrected chi connectivity index (χ4v) is 3.35. The van der Waals surface area contributed by atoms with Gasteiger partial charge >= 0.3 is 0 Å². The van der Waals surface area contributed by atoms with Gasteiger partial charge in [0, 0.05) is 5.54 Å². The van der Waals surface area contributed by atoms with Gasteiger partial charge in [-0.15, -0.1) is 0 Å². The second-order valence-corrected chi connectivity index (χ2v) is 6.29. The topological polar surface area (TPSA) is 26.0 Å². The zero-order valence-electron chi connectivity index (χ0n) is 12.1. The van der Waals surface area contributed by atoms with Crippen LogP contribution in [0.1, 0.15) is 57.1 Å². The summed E-state index contributed by atoms with van der Waals surface area (Å²) in [6.07, 6.45) is 6.65. The molecule has 100 valence electrons. The van der Waals surface area contributed by atoms with E-state index in [4.69, 9.17) is 5.73 Å². The average Bonchev–Trinajstić information content (AvgIpc) is 2.39. The van der Waals surface area contributed by atoms with E-state index in [1.54, 1.807) is 0 Å². The molecule has 0 radical (unpaired) electrons. The molecule has 0 aromatic heterocycles. The minimum atomic E-state index is -0.165. The molecular formula is C17H27N. The Labute approximate surface area is 112 Å². The maximum absolute atomic E-state index is 6.68. The van der Waals surface area contributed by atoms with Crippen LogP contribution in [-0.4, -0.2) is 0 Å². The maximum atomic E-state index is 6.68.